The highest BCUT2D eigenvalue weighted by atomic mass is 35.5. The van der Waals surface area contributed by atoms with E-state index >= 15 is 0 Å². The van der Waals surface area contributed by atoms with Crippen LogP contribution in [-0.2, 0) is 0 Å². The van der Waals surface area contributed by atoms with Crippen LogP contribution in [0, 0.1) is 0 Å². The Morgan fingerprint density at radius 2 is 1.85 bits per heavy atom. The van der Waals surface area contributed by atoms with Gasteiger partial charge in [-0.3, -0.25) is 0 Å². The first kappa shape index (κ1) is 13.5. The Kier molecular flexibility index (Phi) is 3.68. The number of halogens is 1. The number of likely N-dealkylation sites (N-methyl/N-ethyl adjacent to an activating group) is 1. The molecule has 2 nitrogen and oxygen atoms in total. The van der Waals surface area contributed by atoms with E-state index in [1.165, 1.54) is 11.1 Å². The van der Waals surface area contributed by atoms with Gasteiger partial charge < -0.3 is 10.1 Å². The van der Waals surface area contributed by atoms with Crippen LogP contribution in [0.2, 0.25) is 5.02 Å². The van der Waals surface area contributed by atoms with E-state index < -0.39 is 0 Å². The number of benzene rings is 2. The fourth-order valence-electron chi connectivity index (χ4n) is 2.96. The second-order valence-corrected chi connectivity index (χ2v) is 5.71. The van der Waals surface area contributed by atoms with Gasteiger partial charge in [-0.05, 0) is 48.4 Å². The summed E-state index contributed by atoms with van der Waals surface area (Å²) in [4.78, 5) is 0. The zero-order valence-corrected chi connectivity index (χ0v) is 12.4. The average molecular weight is 288 g/mol. The van der Waals surface area contributed by atoms with Gasteiger partial charge in [0.25, 0.3) is 0 Å². The highest BCUT2D eigenvalue weighted by Crippen LogP contribution is 2.46. The van der Waals surface area contributed by atoms with Crippen molar-refractivity contribution in [3.05, 3.63) is 58.6 Å². The summed E-state index contributed by atoms with van der Waals surface area (Å²) in [5.74, 6) is 2.57. The molecule has 0 saturated carbocycles. The second kappa shape index (κ2) is 5.47. The van der Waals surface area contributed by atoms with Gasteiger partial charge in [0.05, 0.1) is 0 Å². The number of ether oxygens (including phenoxy) is 1. The Morgan fingerprint density at radius 3 is 2.65 bits per heavy atom. The minimum atomic E-state index is 0.347. The Balaban J connectivity index is 2.16. The minimum Gasteiger partial charge on any atom is -0.457 e. The highest BCUT2D eigenvalue weighted by Gasteiger charge is 2.29. The second-order valence-electron chi connectivity index (χ2n) is 5.27. The molecule has 0 unspecified atom stereocenters. The van der Waals surface area contributed by atoms with E-state index in [0.29, 0.717) is 11.8 Å². The van der Waals surface area contributed by atoms with Gasteiger partial charge in [0.1, 0.15) is 11.5 Å². The molecule has 2 aromatic carbocycles. The van der Waals surface area contributed by atoms with E-state index in [2.05, 4.69) is 24.4 Å². The van der Waals surface area contributed by atoms with Crippen molar-refractivity contribution < 1.29 is 4.74 Å². The molecule has 2 aromatic rings. The third-order valence-corrected chi connectivity index (χ3v) is 4.26. The van der Waals surface area contributed by atoms with Crippen molar-refractivity contribution in [1.82, 2.24) is 5.32 Å². The van der Waals surface area contributed by atoms with Crippen molar-refractivity contribution in [2.24, 2.45) is 0 Å². The van der Waals surface area contributed by atoms with Gasteiger partial charge in [0, 0.05) is 17.5 Å². The van der Waals surface area contributed by atoms with Gasteiger partial charge in [-0.1, -0.05) is 36.7 Å². The van der Waals surface area contributed by atoms with Gasteiger partial charge in [0.15, 0.2) is 0 Å². The smallest absolute Gasteiger partial charge is 0.131 e. The van der Waals surface area contributed by atoms with E-state index in [9.17, 15) is 0 Å². The standard InChI is InChI=1S/C17H18ClNO/c1-11-14-9-12(18)7-8-17(14)20-16-6-4-3-5-13(16)15(11)10-19-2/h3-9,11,15,19H,10H2,1-2H3/t11-,15+/m0/s1. The fraction of sp³-hybridized carbons (Fsp3) is 0.294. The van der Waals surface area contributed by atoms with E-state index in [1.54, 1.807) is 0 Å². The molecule has 1 heterocycles. The van der Waals surface area contributed by atoms with Crippen molar-refractivity contribution in [3.8, 4) is 11.5 Å². The number of hydrogen-bond donors (Lipinski definition) is 1. The van der Waals surface area contributed by atoms with E-state index in [4.69, 9.17) is 16.3 Å². The van der Waals surface area contributed by atoms with Crippen LogP contribution in [0.4, 0.5) is 0 Å². The summed E-state index contributed by atoms with van der Waals surface area (Å²) in [6.45, 7) is 3.15. The third-order valence-electron chi connectivity index (χ3n) is 4.03. The molecule has 0 amide bonds. The zero-order valence-electron chi connectivity index (χ0n) is 11.7. The summed E-state index contributed by atoms with van der Waals surface area (Å²) in [5, 5.41) is 4.05. The summed E-state index contributed by atoms with van der Waals surface area (Å²) in [5.41, 5.74) is 2.43. The van der Waals surface area contributed by atoms with Gasteiger partial charge >= 0.3 is 0 Å². The van der Waals surface area contributed by atoms with Crippen molar-refractivity contribution in [1.29, 1.82) is 0 Å². The Labute approximate surface area is 124 Å². The molecule has 20 heavy (non-hydrogen) atoms. The molecule has 0 radical (unpaired) electrons. The lowest BCUT2D eigenvalue weighted by Gasteiger charge is -2.23. The molecule has 0 spiro atoms. The van der Waals surface area contributed by atoms with Gasteiger partial charge in [-0.2, -0.15) is 0 Å². The summed E-state index contributed by atoms with van der Waals surface area (Å²) < 4.78 is 6.12. The molecule has 1 aliphatic heterocycles. The molecule has 3 heteroatoms. The van der Waals surface area contributed by atoms with Crippen LogP contribution in [0.15, 0.2) is 42.5 Å². The molecule has 0 fully saturated rings. The number of para-hydroxylation sites is 1. The van der Waals surface area contributed by atoms with Crippen molar-refractivity contribution in [2.75, 3.05) is 13.6 Å². The Morgan fingerprint density at radius 1 is 1.10 bits per heavy atom. The predicted octanol–water partition coefficient (Wildman–Crippen LogP) is 4.55. The van der Waals surface area contributed by atoms with Crippen LogP contribution in [0.1, 0.15) is 29.9 Å². The van der Waals surface area contributed by atoms with Gasteiger partial charge in [-0.25, -0.2) is 0 Å². The normalized spacial score (nSPS) is 20.6. The SMILES string of the molecule is CNC[C@H]1c2ccccc2Oc2ccc(Cl)cc2[C@@H]1C. The van der Waals surface area contributed by atoms with E-state index in [1.807, 2.05) is 37.4 Å². The van der Waals surface area contributed by atoms with Gasteiger partial charge in [0.2, 0.25) is 0 Å². The van der Waals surface area contributed by atoms with Crippen LogP contribution in [0.3, 0.4) is 0 Å². The lowest BCUT2D eigenvalue weighted by molar-refractivity contribution is 0.477. The summed E-state index contributed by atoms with van der Waals surface area (Å²) >= 11 is 6.16. The maximum Gasteiger partial charge on any atom is 0.131 e. The summed E-state index contributed by atoms with van der Waals surface area (Å²) in [6.07, 6.45) is 0. The van der Waals surface area contributed by atoms with Crippen LogP contribution in [0.25, 0.3) is 0 Å². The Bertz CT molecular complexity index is 626. The maximum atomic E-state index is 6.16. The number of rotatable bonds is 2. The topological polar surface area (TPSA) is 21.3 Å². The molecule has 1 N–H and O–H groups in total. The molecular weight excluding hydrogens is 270 g/mol. The molecule has 0 aromatic heterocycles. The molecular formula is C17H18ClNO. The van der Waals surface area contributed by atoms with Crippen LogP contribution >= 0.6 is 11.6 Å². The molecule has 1 aliphatic rings. The first-order valence-electron chi connectivity index (χ1n) is 6.91. The highest BCUT2D eigenvalue weighted by molar-refractivity contribution is 6.30. The number of hydrogen-bond acceptors (Lipinski definition) is 2. The van der Waals surface area contributed by atoms with E-state index in [-0.39, 0.29) is 0 Å². The molecule has 0 bridgehead atoms. The fourth-order valence-corrected chi connectivity index (χ4v) is 3.14. The third kappa shape index (κ3) is 2.30. The zero-order chi connectivity index (χ0) is 14.1. The maximum absolute atomic E-state index is 6.16. The number of fused-ring (bicyclic) bond motifs is 2. The quantitative estimate of drug-likeness (QED) is 0.875. The van der Waals surface area contributed by atoms with Crippen molar-refractivity contribution in [3.63, 3.8) is 0 Å². The monoisotopic (exact) mass is 287 g/mol. The lowest BCUT2D eigenvalue weighted by Crippen LogP contribution is -2.21. The molecule has 3 rings (SSSR count). The molecule has 2 atom stereocenters. The van der Waals surface area contributed by atoms with E-state index in [0.717, 1.165) is 23.1 Å². The van der Waals surface area contributed by atoms with Gasteiger partial charge in [-0.15, -0.1) is 0 Å². The van der Waals surface area contributed by atoms with Crippen molar-refractivity contribution in [2.45, 2.75) is 18.8 Å². The van der Waals surface area contributed by atoms with Crippen LogP contribution < -0.4 is 10.1 Å². The predicted molar refractivity (Wildman–Crippen MR) is 83.1 cm³/mol. The summed E-state index contributed by atoms with van der Waals surface area (Å²) in [7, 11) is 1.99. The lowest BCUT2D eigenvalue weighted by atomic mass is 9.82. The minimum absolute atomic E-state index is 0.347. The largest absolute Gasteiger partial charge is 0.457 e. The summed E-state index contributed by atoms with van der Waals surface area (Å²) in [6, 6.07) is 14.1. The van der Waals surface area contributed by atoms with Crippen LogP contribution in [-0.4, -0.2) is 13.6 Å². The first-order chi connectivity index (χ1) is 9.70. The first-order valence-corrected chi connectivity index (χ1v) is 7.29. The molecule has 0 saturated heterocycles. The molecule has 0 aliphatic carbocycles. The van der Waals surface area contributed by atoms with Crippen LogP contribution in [0.5, 0.6) is 11.5 Å². The Hall–Kier alpha value is -1.51. The van der Waals surface area contributed by atoms with Crippen molar-refractivity contribution >= 4 is 11.6 Å². The molecule has 104 valence electrons. The average Bonchev–Trinajstić information content (AvgIpc) is 2.57. The number of nitrogens with one attached hydrogen (secondary N) is 1.